The van der Waals surface area contributed by atoms with Crippen molar-refractivity contribution in [2.24, 2.45) is 0 Å². The van der Waals surface area contributed by atoms with Crippen LogP contribution in [0.15, 0.2) is 11.1 Å². The van der Waals surface area contributed by atoms with Crippen LogP contribution in [0.3, 0.4) is 0 Å². The van der Waals surface area contributed by atoms with Gasteiger partial charge in [0.2, 0.25) is 0 Å². The number of aromatic nitrogens is 4. The monoisotopic (exact) mass is 627 g/mol. The molecule has 34 heavy (non-hydrogen) atoms. The van der Waals surface area contributed by atoms with Gasteiger partial charge in [0.1, 0.15) is 24.6 Å². The van der Waals surface area contributed by atoms with Crippen LogP contribution >= 0.6 is 39.4 Å². The molecule has 1 saturated heterocycles. The van der Waals surface area contributed by atoms with Gasteiger partial charge in [-0.25, -0.2) is 28.6 Å². The quantitative estimate of drug-likeness (QED) is 0.0822. The molecule has 0 amide bonds. The minimum atomic E-state index is -5.71. The summed E-state index contributed by atoms with van der Waals surface area (Å²) in [5.41, 5.74) is 5.99. The summed E-state index contributed by atoms with van der Waals surface area (Å²) >= 11 is 3.13. The van der Waals surface area contributed by atoms with E-state index in [2.05, 4.69) is 44.0 Å². The maximum absolute atomic E-state index is 11.8. The van der Waals surface area contributed by atoms with Crippen LogP contribution in [0.1, 0.15) is 7.65 Å². The van der Waals surface area contributed by atoms with E-state index in [1.165, 1.54) is 4.57 Å². The number of halogens is 1. The Morgan fingerprint density at radius 2 is 1.74 bits per heavy atom. The number of nitrogens with two attached hydrogens (primary N) is 1. The summed E-state index contributed by atoms with van der Waals surface area (Å²) < 4.78 is 52.2. The molecule has 190 valence electrons. The molecule has 0 spiro atoms. The molecule has 1 aliphatic heterocycles. The number of phosphoric ester groups is 1. The van der Waals surface area contributed by atoms with Crippen molar-refractivity contribution in [1.82, 2.24) is 19.5 Å². The summed E-state index contributed by atoms with van der Waals surface area (Å²) in [6, 6.07) is 0. The summed E-state index contributed by atoms with van der Waals surface area (Å²) in [6.07, 6.45) is -5.03. The van der Waals surface area contributed by atoms with Crippen molar-refractivity contribution in [3.05, 3.63) is 11.1 Å². The molecule has 1 fully saturated rings. The maximum atomic E-state index is 11.8. The molecule has 0 aromatic carbocycles. The third-order valence-corrected chi connectivity index (χ3v) is 8.23. The molecule has 2 unspecified atom stereocenters. The zero-order valence-electron chi connectivity index (χ0n) is 17.7. The normalized spacial score (nSPS) is 26.3. The van der Waals surface area contributed by atoms with Crippen LogP contribution in [0.5, 0.6) is 0 Å². The first-order valence-corrected chi connectivity index (χ1v) is 13.4. The Labute approximate surface area is 220 Å². The Kier molecular flexibility index (Phi) is 11.0. The molecular formula is C10H18BrN5NaO14P3. The summed E-state index contributed by atoms with van der Waals surface area (Å²) in [7, 11) is -16.7. The van der Waals surface area contributed by atoms with Gasteiger partial charge in [-0.3, -0.25) is 9.09 Å². The fraction of sp³-hybridized carbons (Fsp3) is 0.500. The number of aliphatic hydroxyl groups is 2. The molecule has 3 rings (SSSR count). The number of phosphoric acid groups is 3. The van der Waals surface area contributed by atoms with Crippen molar-refractivity contribution < 1.29 is 97.8 Å². The molecule has 0 bridgehead atoms. The van der Waals surface area contributed by atoms with Gasteiger partial charge in [-0.1, -0.05) is 0 Å². The van der Waals surface area contributed by atoms with E-state index < -0.39 is 54.6 Å². The van der Waals surface area contributed by atoms with E-state index in [0.29, 0.717) is 0 Å². The number of fused-ring (bicyclic) bond motifs is 1. The third kappa shape index (κ3) is 7.55. The first-order chi connectivity index (χ1) is 14.6. The standard InChI is InChI=1S/C10H15BrN5O13P3.Na.H2O.H/c11-10-15-4-7(12)13-2-14-8(4)16(10)9-6(18)5(17)3(27-9)1-26-31(22,23)29-32(24,25)28-30(19,20)21;;;/h2-3,5-6,9,17-18H,1H2,(H,22,23)(H,24,25)(H2,12,13,14)(H2,19,20,21);;1H2;/q;+1;;-1/t3-,5-,6-,9-;;;/m1.../s1. The topological polar surface area (TPSA) is 311 Å². The largest absolute Gasteiger partial charge is 1.00 e. The number of hydrogen-bond donors (Lipinski definition) is 7. The van der Waals surface area contributed by atoms with E-state index in [0.717, 1.165) is 6.33 Å². The summed E-state index contributed by atoms with van der Waals surface area (Å²) in [5.74, 6) is 0.0201. The van der Waals surface area contributed by atoms with Crippen molar-refractivity contribution in [1.29, 1.82) is 0 Å². The van der Waals surface area contributed by atoms with Crippen LogP contribution < -0.4 is 35.3 Å². The van der Waals surface area contributed by atoms with Gasteiger partial charge in [0.25, 0.3) is 0 Å². The van der Waals surface area contributed by atoms with Crippen LogP contribution in [0.2, 0.25) is 0 Å². The average molecular weight is 628 g/mol. The van der Waals surface area contributed by atoms with E-state index in [1.807, 2.05) is 0 Å². The molecule has 2 aromatic rings. The molecule has 0 saturated carbocycles. The third-order valence-electron chi connectivity index (χ3n) is 3.87. The SMILES string of the molecule is Nc1ncnc2c1nc(Br)n2[C@@H]1O[C@H](COP(=O)(O)OP(=O)(O)OP(=O)(O)O)[C@@H](O)[C@H]1O.O.[H-].[Na+]. The fourth-order valence-corrected chi connectivity index (χ4v) is 6.25. The van der Waals surface area contributed by atoms with Crippen LogP contribution in [-0.2, 0) is 31.6 Å². The van der Waals surface area contributed by atoms with Gasteiger partial charge in [0.05, 0.1) is 6.61 Å². The van der Waals surface area contributed by atoms with E-state index in [4.69, 9.17) is 25.2 Å². The van der Waals surface area contributed by atoms with E-state index in [-0.39, 0.29) is 58.2 Å². The van der Waals surface area contributed by atoms with E-state index in [9.17, 15) is 28.8 Å². The zero-order chi connectivity index (χ0) is 24.1. The van der Waals surface area contributed by atoms with E-state index in [1.54, 1.807) is 0 Å². The Bertz CT molecular complexity index is 1170. The fourth-order valence-electron chi connectivity index (χ4n) is 2.68. The number of ether oxygens (including phenoxy) is 1. The summed E-state index contributed by atoms with van der Waals surface area (Å²) in [4.78, 5) is 47.5. The van der Waals surface area contributed by atoms with Crippen LogP contribution in [0, 0.1) is 0 Å². The number of anilines is 1. The number of aliphatic hydroxyl groups excluding tert-OH is 2. The Morgan fingerprint density at radius 1 is 1.12 bits per heavy atom. The number of nitrogen functional groups attached to an aromatic ring is 1. The first kappa shape index (κ1) is 32.1. The summed E-state index contributed by atoms with van der Waals surface area (Å²) in [6.45, 7) is -0.972. The second-order valence-corrected chi connectivity index (χ2v) is 11.2. The molecule has 19 nitrogen and oxygen atoms in total. The van der Waals surface area contributed by atoms with Crippen LogP contribution in [0.25, 0.3) is 11.2 Å². The van der Waals surface area contributed by atoms with Crippen LogP contribution in [-0.4, -0.2) is 79.7 Å². The second kappa shape index (κ2) is 11.6. The van der Waals surface area contributed by atoms with Crippen molar-refractivity contribution in [3.63, 3.8) is 0 Å². The Hall–Kier alpha value is 0.0800. The molecule has 10 N–H and O–H groups in total. The van der Waals surface area contributed by atoms with Crippen molar-refractivity contribution >= 4 is 56.4 Å². The number of hydrogen-bond acceptors (Lipinski definition) is 13. The molecule has 0 radical (unpaired) electrons. The van der Waals surface area contributed by atoms with Crippen molar-refractivity contribution in [2.75, 3.05) is 12.3 Å². The van der Waals surface area contributed by atoms with Gasteiger partial charge in [-0.15, -0.1) is 0 Å². The molecule has 0 aliphatic carbocycles. The number of imidazole rings is 1. The minimum Gasteiger partial charge on any atom is -1.00 e. The van der Waals surface area contributed by atoms with Gasteiger partial charge in [-0.2, -0.15) is 8.62 Å². The van der Waals surface area contributed by atoms with Crippen molar-refractivity contribution in [2.45, 2.75) is 24.5 Å². The zero-order valence-corrected chi connectivity index (χ0v) is 23.0. The van der Waals surface area contributed by atoms with Gasteiger partial charge in [0, 0.05) is 0 Å². The first-order valence-electron chi connectivity index (χ1n) is 8.04. The predicted octanol–water partition coefficient (Wildman–Crippen LogP) is -4.57. The molecule has 1 aliphatic rings. The maximum Gasteiger partial charge on any atom is 1.00 e. The summed E-state index contributed by atoms with van der Waals surface area (Å²) in [5, 5.41) is 20.6. The smallest absolute Gasteiger partial charge is 1.00 e. The molecule has 2 aromatic heterocycles. The van der Waals surface area contributed by atoms with Crippen molar-refractivity contribution in [3.8, 4) is 0 Å². The molecular weight excluding hydrogens is 610 g/mol. The van der Waals surface area contributed by atoms with Gasteiger partial charge < -0.3 is 47.2 Å². The van der Waals surface area contributed by atoms with Gasteiger partial charge >= 0.3 is 53.0 Å². The minimum absolute atomic E-state index is 0. The number of nitrogens with zero attached hydrogens (tertiary/aromatic N) is 4. The van der Waals surface area contributed by atoms with Crippen LogP contribution in [0.4, 0.5) is 5.82 Å². The number of rotatable bonds is 8. The van der Waals surface area contributed by atoms with Gasteiger partial charge in [0.15, 0.2) is 27.9 Å². The Balaban J connectivity index is 0.00000385. The predicted molar refractivity (Wildman–Crippen MR) is 108 cm³/mol. The molecule has 6 atom stereocenters. The second-order valence-electron chi connectivity index (χ2n) is 6.11. The average Bonchev–Trinajstić information content (AvgIpc) is 3.08. The molecule has 3 heterocycles. The van der Waals surface area contributed by atoms with Gasteiger partial charge in [-0.05, 0) is 15.9 Å². The van der Waals surface area contributed by atoms with E-state index >= 15 is 0 Å². The molecule has 24 heteroatoms. The Morgan fingerprint density at radius 3 is 2.32 bits per heavy atom.